The van der Waals surface area contributed by atoms with E-state index in [1.54, 1.807) is 0 Å². The maximum atomic E-state index is 14.7. The van der Waals surface area contributed by atoms with Crippen molar-refractivity contribution in [2.75, 3.05) is 58.1 Å². The van der Waals surface area contributed by atoms with Crippen LogP contribution in [0.5, 0.6) is 0 Å². The number of amides is 8. The van der Waals surface area contributed by atoms with Crippen molar-refractivity contribution in [1.29, 1.82) is 0 Å². The molecule has 0 heterocycles. The van der Waals surface area contributed by atoms with Crippen LogP contribution in [0.25, 0.3) is 0 Å². The van der Waals surface area contributed by atoms with Crippen molar-refractivity contribution in [2.45, 2.75) is 157 Å². The number of carbonyl (C=O) groups is 9. The lowest BCUT2D eigenvalue weighted by atomic mass is 10.0. The third-order valence-corrected chi connectivity index (χ3v) is 13.5. The molecule has 538 valence electrons. The third kappa shape index (κ3) is 41.7. The Morgan fingerprint density at radius 3 is 0.558 bits per heavy atom. The first-order valence-corrected chi connectivity index (χ1v) is 30.9. The highest BCUT2D eigenvalue weighted by Crippen LogP contribution is 2.12. The number of aliphatic imine (C=N–C) groups is 8. The highest BCUT2D eigenvalue weighted by atomic mass is 32.1. The Morgan fingerprint density at radius 1 is 0.263 bits per heavy atom. The van der Waals surface area contributed by atoms with Crippen LogP contribution >= 0.6 is 12.6 Å². The largest absolute Gasteiger partial charge is 0.480 e. The average Bonchev–Trinajstić information content (AvgIpc) is 1.04. The molecule has 0 rings (SSSR count). The fraction of sp³-hybridized carbons (Fsp3) is 0.667. The number of carboxylic acid groups (broad SMARTS) is 1. The van der Waals surface area contributed by atoms with Crippen LogP contribution in [0.4, 0.5) is 0 Å². The molecule has 0 aliphatic rings. The first kappa shape index (κ1) is 84.7. The minimum atomic E-state index is -1.55. The van der Waals surface area contributed by atoms with Crippen molar-refractivity contribution in [2.24, 2.45) is 137 Å². The van der Waals surface area contributed by atoms with E-state index in [0.29, 0.717) is 6.42 Å². The van der Waals surface area contributed by atoms with Gasteiger partial charge in [-0.25, -0.2) is 4.79 Å². The van der Waals surface area contributed by atoms with Gasteiger partial charge >= 0.3 is 5.97 Å². The number of nitrogens with one attached hydrogen (secondary N) is 8. The molecule has 43 nitrogen and oxygen atoms in total. The highest BCUT2D eigenvalue weighted by Gasteiger charge is 2.35. The molecule has 0 saturated heterocycles. The first-order chi connectivity index (χ1) is 44.8. The Labute approximate surface area is 555 Å². The Morgan fingerprint density at radius 2 is 0.411 bits per heavy atom. The standard InChI is InChI=1S/C51H103N33O10S/c52-26(9-1-17-69-44(53)54)35(85)77-27(10-2-18-70-45(55)56)36(86)78-28(11-3-19-71-46(57)58)37(87)79-29(12-4-20-72-47(59)60)38(88)80-30(13-5-21-73-48(61)62)39(89)81-31(14-6-22-74-49(63)64)40(90)82-32(15-7-23-75-50(65)66)41(91)83-33(16-8-24-76-51(67)68)42(92)84-34(25-95)43(93)94/h26-34,95H,1-25,52H2,(H,77,85)(H,78,86)(H,79,87)(H,80,88)(H,81,89)(H,82,90)(H,83,91)(H,84,92)(H,93,94)(H4,53,54,69)(H4,55,56,70)(H4,57,58,71)(H4,59,60,72)(H4,61,62,73)(H4,63,64,74)(H4,65,66,75)(H4,67,68,76)/t26-,27-,28-,29-,30-,31-,32-,33-,34-/m0/s1. The number of hydrogen-bond donors (Lipinski definition) is 27. The molecule has 0 unspecified atom stereocenters. The van der Waals surface area contributed by atoms with Gasteiger partial charge in [0.05, 0.1) is 6.04 Å². The fourth-order valence-corrected chi connectivity index (χ4v) is 8.67. The lowest BCUT2D eigenvalue weighted by molar-refractivity contribution is -0.141. The molecule has 0 aromatic rings. The summed E-state index contributed by atoms with van der Waals surface area (Å²) in [5.41, 5.74) is 94.6. The normalized spacial score (nSPS) is 13.5. The van der Waals surface area contributed by atoms with Gasteiger partial charge in [0.2, 0.25) is 47.3 Å². The maximum absolute atomic E-state index is 14.7. The van der Waals surface area contributed by atoms with E-state index in [9.17, 15) is 48.3 Å². The van der Waals surface area contributed by atoms with Gasteiger partial charge in [-0.15, -0.1) is 0 Å². The minimum Gasteiger partial charge on any atom is -0.480 e. The lowest BCUT2D eigenvalue weighted by Crippen LogP contribution is -2.60. The number of guanidine groups is 8. The van der Waals surface area contributed by atoms with Crippen LogP contribution in [-0.4, -0.2) is 218 Å². The number of carbonyl (C=O) groups excluding carboxylic acids is 8. The summed E-state index contributed by atoms with van der Waals surface area (Å²) in [6.07, 6.45) is -0.273. The molecule has 0 fully saturated rings. The predicted molar refractivity (Wildman–Crippen MR) is 364 cm³/mol. The number of hydrogen-bond acceptors (Lipinski definition) is 19. The van der Waals surface area contributed by atoms with E-state index >= 15 is 0 Å². The molecule has 44 heteroatoms. The van der Waals surface area contributed by atoms with Crippen molar-refractivity contribution in [1.82, 2.24) is 42.5 Å². The molecule has 0 spiro atoms. The third-order valence-electron chi connectivity index (χ3n) is 13.1. The van der Waals surface area contributed by atoms with Crippen LogP contribution in [0.1, 0.15) is 103 Å². The molecule has 0 bridgehead atoms. The Kier molecular flexibility index (Phi) is 43.2. The molecule has 0 aromatic carbocycles. The van der Waals surface area contributed by atoms with E-state index in [1.807, 2.05) is 0 Å². The van der Waals surface area contributed by atoms with Crippen LogP contribution in [0, 0.1) is 0 Å². The van der Waals surface area contributed by atoms with Crippen LogP contribution in [-0.2, 0) is 43.2 Å². The quantitative estimate of drug-likeness (QED) is 0.0116. The number of thiol groups is 1. The second-order valence-corrected chi connectivity index (χ2v) is 21.6. The maximum Gasteiger partial charge on any atom is 0.327 e. The van der Waals surface area contributed by atoms with Crippen LogP contribution in [0.15, 0.2) is 39.9 Å². The van der Waals surface area contributed by atoms with E-state index in [4.69, 9.17) is 97.5 Å². The fourth-order valence-electron chi connectivity index (χ4n) is 8.43. The second-order valence-electron chi connectivity index (χ2n) is 21.2. The van der Waals surface area contributed by atoms with E-state index in [0.717, 1.165) is 0 Å². The van der Waals surface area contributed by atoms with Crippen molar-refractivity contribution >= 4 is 114 Å². The zero-order valence-corrected chi connectivity index (χ0v) is 54.2. The molecule has 43 N–H and O–H groups in total. The van der Waals surface area contributed by atoms with Crippen molar-refractivity contribution in [3.05, 3.63) is 0 Å². The Bertz CT molecular complexity index is 2680. The average molecular weight is 1370 g/mol. The molecule has 0 saturated carbocycles. The van der Waals surface area contributed by atoms with Crippen LogP contribution in [0.3, 0.4) is 0 Å². The number of rotatable bonds is 50. The summed E-state index contributed by atoms with van der Waals surface area (Å²) in [4.78, 5) is 158. The van der Waals surface area contributed by atoms with Gasteiger partial charge in [0.15, 0.2) is 47.7 Å². The van der Waals surface area contributed by atoms with E-state index in [1.165, 1.54) is 0 Å². The van der Waals surface area contributed by atoms with Gasteiger partial charge in [-0.3, -0.25) is 78.3 Å². The molecule has 0 radical (unpaired) electrons. The number of nitrogens with two attached hydrogens (primary N) is 17. The van der Waals surface area contributed by atoms with Crippen LogP contribution in [0.2, 0.25) is 0 Å². The topological polar surface area (TPSA) is 811 Å². The van der Waals surface area contributed by atoms with E-state index < -0.39 is 108 Å². The first-order valence-electron chi connectivity index (χ1n) is 30.2. The summed E-state index contributed by atoms with van der Waals surface area (Å²) in [7, 11) is 0. The number of carboxylic acids is 1. The van der Waals surface area contributed by atoms with Crippen LogP contribution < -0.4 is 140 Å². The lowest BCUT2D eigenvalue weighted by Gasteiger charge is -2.28. The summed E-state index contributed by atoms with van der Waals surface area (Å²) in [5, 5.41) is 30.3. The van der Waals surface area contributed by atoms with Crippen molar-refractivity contribution in [3.63, 3.8) is 0 Å². The SMILES string of the molecule is NC(N)=NCCC[C@H](NC(=O)[C@H](CCCN=C(N)N)NC(=O)[C@H](CCCN=C(N)N)NC(=O)[C@H](CCCN=C(N)N)NC(=O)[C@H](CCCN=C(N)N)NC(=O)[C@H](CCCN=C(N)N)NC(=O)[C@H](CCCN=C(N)N)NC(=O)[C@@H](N)CCCN=C(N)N)C(=O)N[C@@H](CS)C(=O)O. The monoisotopic (exact) mass is 1370 g/mol. The van der Waals surface area contributed by atoms with Crippen molar-refractivity contribution < 1.29 is 48.3 Å². The Hall–Kier alpha value is -10.3. The van der Waals surface area contributed by atoms with Gasteiger partial charge in [0, 0.05) is 58.1 Å². The van der Waals surface area contributed by atoms with Gasteiger partial charge in [-0.1, -0.05) is 0 Å². The van der Waals surface area contributed by atoms with E-state index in [2.05, 4.69) is 95.1 Å². The summed E-state index contributed by atoms with van der Waals surface area (Å²) >= 11 is 4.00. The molecular formula is C51H103N33O10S. The smallest absolute Gasteiger partial charge is 0.327 e. The summed E-state index contributed by atoms with van der Waals surface area (Å²) in [6.45, 7) is -0.0453. The molecular weight excluding hydrogens is 1270 g/mol. The molecule has 0 aliphatic carbocycles. The molecule has 8 amide bonds. The van der Waals surface area contributed by atoms with Gasteiger partial charge in [-0.2, -0.15) is 12.6 Å². The van der Waals surface area contributed by atoms with E-state index in [-0.39, 0.29) is 202 Å². The van der Waals surface area contributed by atoms with Gasteiger partial charge in [-0.05, 0) is 103 Å². The summed E-state index contributed by atoms with van der Waals surface area (Å²) < 4.78 is 0. The van der Waals surface area contributed by atoms with Crippen molar-refractivity contribution in [3.8, 4) is 0 Å². The van der Waals surface area contributed by atoms with Gasteiger partial charge in [0.25, 0.3) is 0 Å². The molecule has 0 aromatic heterocycles. The Balaban J connectivity index is 7.68. The minimum absolute atomic E-state index is 0.00185. The number of nitrogens with zero attached hydrogens (tertiary/aromatic N) is 8. The highest BCUT2D eigenvalue weighted by molar-refractivity contribution is 7.80. The molecule has 95 heavy (non-hydrogen) atoms. The summed E-state index contributed by atoms with van der Waals surface area (Å²) in [5.74, 6) is -11.1. The zero-order chi connectivity index (χ0) is 72.0. The van der Waals surface area contributed by atoms with Gasteiger partial charge in [0.1, 0.15) is 48.3 Å². The summed E-state index contributed by atoms with van der Waals surface area (Å²) in [6, 6.07) is -13.0. The zero-order valence-electron chi connectivity index (χ0n) is 53.3. The molecule has 0 aliphatic heterocycles. The molecule has 9 atom stereocenters. The predicted octanol–water partition coefficient (Wildman–Crippen LogP) is -12.4. The second kappa shape index (κ2) is 48.4. The van der Waals surface area contributed by atoms with Gasteiger partial charge < -0.3 is 145 Å². The number of aliphatic carboxylic acids is 1.